The lowest BCUT2D eigenvalue weighted by Gasteiger charge is -2.41. The van der Waals surface area contributed by atoms with Crippen LogP contribution in [-0.4, -0.2) is 35.7 Å². The molecule has 1 N–H and O–H groups in total. The van der Waals surface area contributed by atoms with Crippen LogP contribution in [0.3, 0.4) is 0 Å². The Balaban J connectivity index is 1.29. The first-order chi connectivity index (χ1) is 15.6. The fraction of sp³-hybridized carbons (Fsp3) is 0.240. The van der Waals surface area contributed by atoms with Gasteiger partial charge in [0.25, 0.3) is 11.8 Å². The normalized spacial score (nSPS) is 16.6. The van der Waals surface area contributed by atoms with E-state index >= 15 is 0 Å². The molecular formula is C25H23N3O4. The number of carbonyl (C=O) groups excluding carboxylic acids is 3. The number of anilines is 1. The maximum atomic E-state index is 13.3. The quantitative estimate of drug-likeness (QED) is 0.623. The van der Waals surface area contributed by atoms with Crippen molar-refractivity contribution in [2.75, 3.05) is 18.0 Å². The van der Waals surface area contributed by atoms with Crippen LogP contribution in [0, 0.1) is 0 Å². The molecule has 2 aliphatic rings. The van der Waals surface area contributed by atoms with Crippen LogP contribution in [0.2, 0.25) is 0 Å². The van der Waals surface area contributed by atoms with Crippen molar-refractivity contribution in [3.63, 3.8) is 0 Å². The molecule has 0 saturated carbocycles. The van der Waals surface area contributed by atoms with Crippen LogP contribution in [0.15, 0.2) is 71.3 Å². The number of benzene rings is 2. The first-order valence-corrected chi connectivity index (χ1v) is 10.8. The second kappa shape index (κ2) is 8.34. The first-order valence-electron chi connectivity index (χ1n) is 10.8. The van der Waals surface area contributed by atoms with Gasteiger partial charge in [-0.05, 0) is 36.8 Å². The van der Waals surface area contributed by atoms with Crippen LogP contribution in [0.25, 0.3) is 0 Å². The summed E-state index contributed by atoms with van der Waals surface area (Å²) in [5.41, 5.74) is 2.58. The minimum Gasteiger partial charge on any atom is -0.469 e. The van der Waals surface area contributed by atoms with Crippen molar-refractivity contribution in [1.82, 2.24) is 10.2 Å². The predicted octanol–water partition coefficient (Wildman–Crippen LogP) is 3.53. The van der Waals surface area contributed by atoms with Gasteiger partial charge in [0.15, 0.2) is 0 Å². The lowest BCUT2D eigenvalue weighted by Crippen LogP contribution is -2.48. The van der Waals surface area contributed by atoms with Gasteiger partial charge >= 0.3 is 0 Å². The van der Waals surface area contributed by atoms with Crippen molar-refractivity contribution < 1.29 is 18.8 Å². The smallest absolute Gasteiger partial charge is 0.260 e. The van der Waals surface area contributed by atoms with Crippen molar-refractivity contribution in [3.05, 3.63) is 89.4 Å². The lowest BCUT2D eigenvalue weighted by atomic mass is 10.0. The summed E-state index contributed by atoms with van der Waals surface area (Å²) in [6.45, 7) is 0.877. The highest BCUT2D eigenvalue weighted by molar-refractivity contribution is 6.16. The Labute approximate surface area is 185 Å². The second-order valence-corrected chi connectivity index (χ2v) is 7.93. The van der Waals surface area contributed by atoms with Crippen molar-refractivity contribution in [3.8, 4) is 0 Å². The highest BCUT2D eigenvalue weighted by Crippen LogP contribution is 2.45. The summed E-state index contributed by atoms with van der Waals surface area (Å²) < 4.78 is 5.27. The van der Waals surface area contributed by atoms with E-state index < -0.39 is 6.17 Å². The van der Waals surface area contributed by atoms with Crippen molar-refractivity contribution in [1.29, 1.82) is 0 Å². The van der Waals surface area contributed by atoms with E-state index in [0.29, 0.717) is 49.2 Å². The summed E-state index contributed by atoms with van der Waals surface area (Å²) in [5, 5.41) is 2.89. The highest BCUT2D eigenvalue weighted by Gasteiger charge is 2.47. The van der Waals surface area contributed by atoms with E-state index in [1.165, 1.54) is 0 Å². The molecule has 0 saturated heterocycles. The number of hydrogen-bond donors (Lipinski definition) is 1. The summed E-state index contributed by atoms with van der Waals surface area (Å²) in [7, 11) is 0. The number of para-hydroxylation sites is 1. The Morgan fingerprint density at radius 1 is 0.938 bits per heavy atom. The van der Waals surface area contributed by atoms with Gasteiger partial charge in [-0.1, -0.05) is 30.3 Å². The SMILES string of the molecule is O=C(CCCN1C(=O)c2ccccc2N2C(=O)c3ccccc3C12)NCCc1ccco1. The number of fused-ring (bicyclic) bond motifs is 5. The van der Waals surface area contributed by atoms with E-state index in [-0.39, 0.29) is 17.7 Å². The minimum atomic E-state index is -0.483. The zero-order valence-corrected chi connectivity index (χ0v) is 17.5. The van der Waals surface area contributed by atoms with Gasteiger partial charge in [0.05, 0.1) is 17.5 Å². The number of nitrogens with one attached hydrogen (secondary N) is 1. The molecule has 7 heteroatoms. The molecule has 1 unspecified atom stereocenters. The highest BCUT2D eigenvalue weighted by atomic mass is 16.3. The molecule has 0 aliphatic carbocycles. The minimum absolute atomic E-state index is 0.0684. The van der Waals surface area contributed by atoms with Crippen molar-refractivity contribution >= 4 is 23.4 Å². The molecule has 0 radical (unpaired) electrons. The molecule has 32 heavy (non-hydrogen) atoms. The number of carbonyl (C=O) groups is 3. The molecule has 0 spiro atoms. The molecule has 1 atom stereocenters. The summed E-state index contributed by atoms with van der Waals surface area (Å²) in [6.07, 6.45) is 2.56. The van der Waals surface area contributed by atoms with Gasteiger partial charge in [-0.2, -0.15) is 0 Å². The molecular weight excluding hydrogens is 406 g/mol. The maximum Gasteiger partial charge on any atom is 0.260 e. The largest absolute Gasteiger partial charge is 0.469 e. The van der Waals surface area contributed by atoms with Crippen molar-refractivity contribution in [2.45, 2.75) is 25.4 Å². The molecule has 7 nitrogen and oxygen atoms in total. The van der Waals surface area contributed by atoms with Gasteiger partial charge in [-0.25, -0.2) is 0 Å². The van der Waals surface area contributed by atoms with Gasteiger partial charge in [0.1, 0.15) is 11.9 Å². The van der Waals surface area contributed by atoms with Crippen LogP contribution >= 0.6 is 0 Å². The standard InChI is InChI=1S/C25H23N3O4/c29-22(26-14-13-17-7-6-16-32-17)12-5-15-27-23-18-8-1-2-9-19(18)25(31)28(23)21-11-4-3-10-20(21)24(27)30/h1-4,6-11,16,23H,5,12-15H2,(H,26,29). The molecule has 0 fully saturated rings. The monoisotopic (exact) mass is 429 g/mol. The lowest BCUT2D eigenvalue weighted by molar-refractivity contribution is -0.121. The van der Waals surface area contributed by atoms with E-state index in [9.17, 15) is 14.4 Å². The number of rotatable bonds is 7. The summed E-state index contributed by atoms with van der Waals surface area (Å²) in [5.74, 6) is 0.532. The zero-order chi connectivity index (χ0) is 22.1. The van der Waals surface area contributed by atoms with Crippen LogP contribution in [0.4, 0.5) is 5.69 Å². The molecule has 2 aromatic carbocycles. The van der Waals surface area contributed by atoms with Crippen LogP contribution in [0.5, 0.6) is 0 Å². The van der Waals surface area contributed by atoms with Gasteiger partial charge < -0.3 is 14.6 Å². The Bertz CT molecular complexity index is 1170. The van der Waals surface area contributed by atoms with E-state index in [2.05, 4.69) is 5.32 Å². The van der Waals surface area contributed by atoms with Crippen molar-refractivity contribution in [2.24, 2.45) is 0 Å². The third-order valence-electron chi connectivity index (χ3n) is 5.96. The maximum absolute atomic E-state index is 13.3. The fourth-order valence-electron chi connectivity index (χ4n) is 4.48. The van der Waals surface area contributed by atoms with E-state index in [4.69, 9.17) is 4.42 Å². The average molecular weight is 429 g/mol. The summed E-state index contributed by atoms with van der Waals surface area (Å²) in [6, 6.07) is 18.3. The Morgan fingerprint density at radius 3 is 2.53 bits per heavy atom. The predicted molar refractivity (Wildman–Crippen MR) is 118 cm³/mol. The average Bonchev–Trinajstić information content (AvgIpc) is 3.43. The van der Waals surface area contributed by atoms with E-state index in [1.807, 2.05) is 42.5 Å². The molecule has 1 aromatic heterocycles. The van der Waals surface area contributed by atoms with Gasteiger partial charge in [-0.15, -0.1) is 0 Å². The Morgan fingerprint density at radius 2 is 1.72 bits per heavy atom. The first kappa shape index (κ1) is 20.1. The third-order valence-corrected chi connectivity index (χ3v) is 5.96. The van der Waals surface area contributed by atoms with Gasteiger partial charge in [-0.3, -0.25) is 19.3 Å². The Kier molecular flexibility index (Phi) is 5.23. The number of furan rings is 1. The third kappa shape index (κ3) is 3.45. The summed E-state index contributed by atoms with van der Waals surface area (Å²) in [4.78, 5) is 42.2. The van der Waals surface area contributed by atoms with Gasteiger partial charge in [0.2, 0.25) is 5.91 Å². The van der Waals surface area contributed by atoms with Crippen LogP contribution < -0.4 is 10.2 Å². The summed E-state index contributed by atoms with van der Waals surface area (Å²) >= 11 is 0. The molecule has 2 aliphatic heterocycles. The van der Waals surface area contributed by atoms with Crippen LogP contribution in [-0.2, 0) is 11.2 Å². The number of nitrogens with zero attached hydrogens (tertiary/aromatic N) is 2. The second-order valence-electron chi connectivity index (χ2n) is 7.93. The van der Waals surface area contributed by atoms with E-state index in [0.717, 1.165) is 11.3 Å². The molecule has 3 heterocycles. The zero-order valence-electron chi connectivity index (χ0n) is 17.5. The number of amides is 3. The van der Waals surface area contributed by atoms with Gasteiger partial charge in [0, 0.05) is 37.1 Å². The Hall–Kier alpha value is -3.87. The van der Waals surface area contributed by atoms with E-state index in [1.54, 1.807) is 34.3 Å². The molecule has 5 rings (SSSR count). The molecule has 3 aromatic rings. The molecule has 162 valence electrons. The molecule has 0 bridgehead atoms. The molecule has 3 amide bonds. The topological polar surface area (TPSA) is 82.9 Å². The number of hydrogen-bond acceptors (Lipinski definition) is 4. The fourth-order valence-corrected chi connectivity index (χ4v) is 4.48. The van der Waals surface area contributed by atoms with Crippen LogP contribution in [0.1, 0.15) is 51.0 Å².